The predicted molar refractivity (Wildman–Crippen MR) is 62.4 cm³/mol. The molecule has 0 heterocycles. The molecule has 0 amide bonds. The number of rotatable bonds is 3. The van der Waals surface area contributed by atoms with Gasteiger partial charge in [-0.05, 0) is 17.5 Å². The average molecular weight is 188 g/mol. The number of benzene rings is 1. The first-order valence-corrected chi connectivity index (χ1v) is 4.75. The van der Waals surface area contributed by atoms with E-state index in [0.717, 1.165) is 17.6 Å². The summed E-state index contributed by atoms with van der Waals surface area (Å²) in [6.07, 6.45) is 4.40. The Kier molecular flexibility index (Phi) is 3.92. The second kappa shape index (κ2) is 5.22. The molecule has 0 aliphatic heterocycles. The fourth-order valence-corrected chi connectivity index (χ4v) is 1.29. The van der Waals surface area contributed by atoms with Gasteiger partial charge in [0.2, 0.25) is 0 Å². The van der Waals surface area contributed by atoms with Crippen LogP contribution in [0.3, 0.4) is 0 Å². The Morgan fingerprint density at radius 1 is 1.36 bits per heavy atom. The van der Waals surface area contributed by atoms with Crippen molar-refractivity contribution in [2.45, 2.75) is 13.3 Å². The molecular weight excluding hydrogens is 172 g/mol. The zero-order valence-corrected chi connectivity index (χ0v) is 8.70. The van der Waals surface area contributed by atoms with E-state index in [1.807, 2.05) is 0 Å². The van der Waals surface area contributed by atoms with Crippen molar-refractivity contribution in [2.24, 2.45) is 10.7 Å². The molecule has 0 aromatic heterocycles. The molecule has 0 atom stereocenters. The van der Waals surface area contributed by atoms with Gasteiger partial charge in [-0.2, -0.15) is 0 Å². The molecule has 1 aromatic rings. The Labute approximate surface area is 85.2 Å². The Balaban J connectivity index is 2.96. The van der Waals surface area contributed by atoms with Gasteiger partial charge in [0.05, 0.1) is 0 Å². The van der Waals surface area contributed by atoms with Gasteiger partial charge in [0.1, 0.15) is 0 Å². The van der Waals surface area contributed by atoms with Crippen LogP contribution in [0.1, 0.15) is 18.1 Å². The molecule has 0 saturated heterocycles. The van der Waals surface area contributed by atoms with Crippen LogP contribution in [0.15, 0.2) is 35.5 Å². The van der Waals surface area contributed by atoms with Crippen LogP contribution in [-0.4, -0.2) is 13.3 Å². The van der Waals surface area contributed by atoms with Crippen LogP contribution >= 0.6 is 0 Å². The summed E-state index contributed by atoms with van der Waals surface area (Å²) in [5.74, 6) is 0. The molecule has 1 rings (SSSR count). The topological polar surface area (TPSA) is 38.4 Å². The zero-order chi connectivity index (χ0) is 10.4. The standard InChI is InChI=1S/C12H16N2/c1-3-10-4-6-11(7-5-10)12(8-13)9-14-2/h4-9H,3,13H2,1-2H3. The maximum atomic E-state index is 5.51. The van der Waals surface area contributed by atoms with Gasteiger partial charge in [-0.3, -0.25) is 4.99 Å². The van der Waals surface area contributed by atoms with Gasteiger partial charge in [-0.25, -0.2) is 0 Å². The molecule has 0 saturated carbocycles. The SMILES string of the molecule is CCc1ccc(C(C=NC)=CN)cc1. The second-order valence-corrected chi connectivity index (χ2v) is 3.06. The smallest absolute Gasteiger partial charge is 0.0301 e. The number of nitrogens with zero attached hydrogens (tertiary/aromatic N) is 1. The molecule has 0 aliphatic rings. The van der Waals surface area contributed by atoms with Crippen molar-refractivity contribution in [2.75, 3.05) is 7.05 Å². The van der Waals surface area contributed by atoms with E-state index in [2.05, 4.69) is 36.2 Å². The lowest BCUT2D eigenvalue weighted by Gasteiger charge is -2.02. The minimum atomic E-state index is 0.954. The quantitative estimate of drug-likeness (QED) is 0.726. The molecule has 0 unspecified atom stereocenters. The van der Waals surface area contributed by atoms with Gasteiger partial charge in [0, 0.05) is 25.0 Å². The van der Waals surface area contributed by atoms with Gasteiger partial charge >= 0.3 is 0 Å². The number of nitrogens with two attached hydrogens (primary N) is 1. The summed E-state index contributed by atoms with van der Waals surface area (Å²) in [4.78, 5) is 3.95. The van der Waals surface area contributed by atoms with Crippen molar-refractivity contribution in [1.82, 2.24) is 0 Å². The van der Waals surface area contributed by atoms with E-state index in [1.165, 1.54) is 5.56 Å². The summed E-state index contributed by atoms with van der Waals surface area (Å²) in [5.41, 5.74) is 8.90. The summed E-state index contributed by atoms with van der Waals surface area (Å²) < 4.78 is 0. The van der Waals surface area contributed by atoms with Crippen LogP contribution in [0.5, 0.6) is 0 Å². The Bertz CT molecular complexity index is 334. The van der Waals surface area contributed by atoms with Crippen LogP contribution in [0.25, 0.3) is 5.57 Å². The first-order valence-electron chi connectivity index (χ1n) is 4.75. The van der Waals surface area contributed by atoms with Gasteiger partial charge in [0.15, 0.2) is 0 Å². The highest BCUT2D eigenvalue weighted by Gasteiger charge is 1.97. The lowest BCUT2D eigenvalue weighted by Crippen LogP contribution is -1.91. The van der Waals surface area contributed by atoms with Crippen LogP contribution in [0, 0.1) is 0 Å². The maximum Gasteiger partial charge on any atom is 0.0301 e. The Morgan fingerprint density at radius 3 is 2.43 bits per heavy atom. The van der Waals surface area contributed by atoms with Gasteiger partial charge in [-0.1, -0.05) is 31.2 Å². The summed E-state index contributed by atoms with van der Waals surface area (Å²) in [5, 5.41) is 0. The third kappa shape index (κ3) is 2.46. The average Bonchev–Trinajstić information content (AvgIpc) is 2.26. The Morgan fingerprint density at radius 2 is 2.00 bits per heavy atom. The van der Waals surface area contributed by atoms with Crippen molar-refractivity contribution >= 4 is 11.8 Å². The minimum absolute atomic E-state index is 0.954. The maximum absolute atomic E-state index is 5.51. The molecule has 74 valence electrons. The second-order valence-electron chi connectivity index (χ2n) is 3.06. The highest BCUT2D eigenvalue weighted by Crippen LogP contribution is 2.12. The van der Waals surface area contributed by atoms with Crippen molar-refractivity contribution in [1.29, 1.82) is 0 Å². The van der Waals surface area contributed by atoms with Crippen LogP contribution in [0.4, 0.5) is 0 Å². The molecule has 2 heteroatoms. The molecule has 0 radical (unpaired) electrons. The van der Waals surface area contributed by atoms with E-state index in [1.54, 1.807) is 19.5 Å². The third-order valence-corrected chi connectivity index (χ3v) is 2.14. The summed E-state index contributed by atoms with van der Waals surface area (Å²) in [6.45, 7) is 2.14. The highest BCUT2D eigenvalue weighted by molar-refractivity contribution is 6.09. The highest BCUT2D eigenvalue weighted by atomic mass is 14.6. The molecule has 0 spiro atoms. The normalized spacial score (nSPS) is 12.3. The van der Waals surface area contributed by atoms with Gasteiger partial charge < -0.3 is 5.73 Å². The van der Waals surface area contributed by atoms with E-state index < -0.39 is 0 Å². The lowest BCUT2D eigenvalue weighted by atomic mass is 10.0. The zero-order valence-electron chi connectivity index (χ0n) is 8.70. The number of hydrogen-bond donors (Lipinski definition) is 1. The predicted octanol–water partition coefficient (Wildman–Crippen LogP) is 2.25. The molecule has 0 fully saturated rings. The minimum Gasteiger partial charge on any atom is -0.404 e. The van der Waals surface area contributed by atoms with Crippen molar-refractivity contribution in [3.05, 3.63) is 41.6 Å². The molecule has 0 aliphatic carbocycles. The summed E-state index contributed by atoms with van der Waals surface area (Å²) in [7, 11) is 1.74. The molecule has 2 nitrogen and oxygen atoms in total. The van der Waals surface area contributed by atoms with Gasteiger partial charge in [0.25, 0.3) is 0 Å². The summed E-state index contributed by atoms with van der Waals surface area (Å²) in [6, 6.07) is 8.36. The van der Waals surface area contributed by atoms with Crippen molar-refractivity contribution in [3.8, 4) is 0 Å². The number of aryl methyl sites for hydroxylation is 1. The number of allylic oxidation sites excluding steroid dienone is 1. The molecule has 0 bridgehead atoms. The molecule has 2 N–H and O–H groups in total. The first kappa shape index (κ1) is 10.5. The first-order chi connectivity index (χ1) is 6.81. The van der Waals surface area contributed by atoms with Gasteiger partial charge in [-0.15, -0.1) is 0 Å². The monoisotopic (exact) mass is 188 g/mol. The molecule has 14 heavy (non-hydrogen) atoms. The Hall–Kier alpha value is -1.57. The van der Waals surface area contributed by atoms with E-state index in [-0.39, 0.29) is 0 Å². The van der Waals surface area contributed by atoms with E-state index in [4.69, 9.17) is 5.73 Å². The van der Waals surface area contributed by atoms with Crippen LogP contribution in [0.2, 0.25) is 0 Å². The summed E-state index contributed by atoms with van der Waals surface area (Å²) >= 11 is 0. The van der Waals surface area contributed by atoms with Crippen LogP contribution < -0.4 is 5.73 Å². The number of aliphatic imine (C=N–C) groups is 1. The molecule has 1 aromatic carbocycles. The van der Waals surface area contributed by atoms with Crippen molar-refractivity contribution < 1.29 is 0 Å². The van der Waals surface area contributed by atoms with Crippen LogP contribution in [-0.2, 0) is 6.42 Å². The fourth-order valence-electron chi connectivity index (χ4n) is 1.29. The largest absolute Gasteiger partial charge is 0.404 e. The van der Waals surface area contributed by atoms with E-state index in [0.29, 0.717) is 0 Å². The fraction of sp³-hybridized carbons (Fsp3) is 0.250. The number of hydrogen-bond acceptors (Lipinski definition) is 2. The lowest BCUT2D eigenvalue weighted by molar-refractivity contribution is 1.14. The third-order valence-electron chi connectivity index (χ3n) is 2.14. The van der Waals surface area contributed by atoms with Crippen molar-refractivity contribution in [3.63, 3.8) is 0 Å². The van der Waals surface area contributed by atoms with E-state index >= 15 is 0 Å². The van der Waals surface area contributed by atoms with E-state index in [9.17, 15) is 0 Å². The molecular formula is C12H16N2.